The van der Waals surface area contributed by atoms with Crippen LogP contribution in [0.25, 0.3) is 16.6 Å². The molecule has 6 heteroatoms. The van der Waals surface area contributed by atoms with Gasteiger partial charge < -0.3 is 5.32 Å². The van der Waals surface area contributed by atoms with Gasteiger partial charge in [0, 0.05) is 22.2 Å². The number of hydrogen-bond donors (Lipinski definition) is 1. The first-order chi connectivity index (χ1) is 16.3. The lowest BCUT2D eigenvalue weighted by Crippen LogP contribution is -2.54. The minimum absolute atomic E-state index is 0.107. The molecule has 0 aliphatic heterocycles. The molecule has 0 spiro atoms. The van der Waals surface area contributed by atoms with Crippen LogP contribution in [0, 0.1) is 0 Å². The van der Waals surface area contributed by atoms with E-state index in [1.807, 2.05) is 24.3 Å². The SMILES string of the molecule is C=C(NC(c1ccccc1)C1(N(CC)CC)CCCC1)c1cc(C(F)(F)F)nc2ccccc12. The highest BCUT2D eigenvalue weighted by atomic mass is 19.4. The lowest BCUT2D eigenvalue weighted by atomic mass is 9.81. The van der Waals surface area contributed by atoms with Crippen molar-refractivity contribution in [2.24, 2.45) is 0 Å². The van der Waals surface area contributed by atoms with Gasteiger partial charge in [-0.1, -0.05) is 81.8 Å². The van der Waals surface area contributed by atoms with Crippen molar-refractivity contribution in [2.45, 2.75) is 57.3 Å². The molecule has 1 aliphatic rings. The standard InChI is InChI=1S/C28H32F3N3/c1-4-34(5-2)27(17-11-12-18-27)26(21-13-7-6-8-14-21)32-20(3)23-19-25(28(29,30)31)33-24-16-10-9-15-22(23)24/h6-10,13-16,19,26,32H,3-5,11-12,17-18H2,1-2H3. The highest BCUT2D eigenvalue weighted by molar-refractivity contribution is 5.91. The Morgan fingerprint density at radius 2 is 1.65 bits per heavy atom. The Labute approximate surface area is 199 Å². The lowest BCUT2D eigenvalue weighted by molar-refractivity contribution is -0.141. The summed E-state index contributed by atoms with van der Waals surface area (Å²) in [6.07, 6.45) is -0.223. The van der Waals surface area contributed by atoms with Gasteiger partial charge in [0.1, 0.15) is 5.69 Å². The number of rotatable bonds is 8. The van der Waals surface area contributed by atoms with Gasteiger partial charge in [0.25, 0.3) is 0 Å². The van der Waals surface area contributed by atoms with Gasteiger partial charge >= 0.3 is 6.18 Å². The van der Waals surface area contributed by atoms with Crippen LogP contribution in [-0.4, -0.2) is 28.5 Å². The summed E-state index contributed by atoms with van der Waals surface area (Å²) in [6.45, 7) is 10.4. The first-order valence-corrected chi connectivity index (χ1v) is 12.0. The summed E-state index contributed by atoms with van der Waals surface area (Å²) in [5.74, 6) is 0. The van der Waals surface area contributed by atoms with E-state index >= 15 is 0 Å². The number of para-hydroxylation sites is 1. The average molecular weight is 468 g/mol. The summed E-state index contributed by atoms with van der Waals surface area (Å²) in [4.78, 5) is 6.37. The van der Waals surface area contributed by atoms with Crippen molar-refractivity contribution in [1.29, 1.82) is 0 Å². The second-order valence-corrected chi connectivity index (χ2v) is 9.02. The van der Waals surface area contributed by atoms with Gasteiger partial charge in [0.2, 0.25) is 0 Å². The molecule has 3 nitrogen and oxygen atoms in total. The van der Waals surface area contributed by atoms with E-state index in [2.05, 4.69) is 47.8 Å². The van der Waals surface area contributed by atoms with Gasteiger partial charge in [-0.15, -0.1) is 0 Å². The Bertz CT molecular complexity index is 1130. The fourth-order valence-corrected chi connectivity index (χ4v) is 5.62. The molecule has 0 amide bonds. The van der Waals surface area contributed by atoms with Crippen LogP contribution in [0.4, 0.5) is 13.2 Å². The van der Waals surface area contributed by atoms with Crippen LogP contribution in [0.15, 0.2) is 67.2 Å². The molecule has 1 saturated carbocycles. The van der Waals surface area contributed by atoms with Crippen LogP contribution in [-0.2, 0) is 6.18 Å². The fraction of sp³-hybridized carbons (Fsp3) is 0.393. The van der Waals surface area contributed by atoms with Gasteiger partial charge in [0.05, 0.1) is 11.6 Å². The molecule has 1 N–H and O–H groups in total. The van der Waals surface area contributed by atoms with E-state index in [-0.39, 0.29) is 11.6 Å². The molecule has 3 aromatic rings. The van der Waals surface area contributed by atoms with E-state index in [1.165, 1.54) is 0 Å². The molecule has 0 saturated heterocycles. The maximum absolute atomic E-state index is 13.7. The van der Waals surface area contributed by atoms with E-state index in [0.29, 0.717) is 22.2 Å². The summed E-state index contributed by atoms with van der Waals surface area (Å²) in [7, 11) is 0. The third kappa shape index (κ3) is 4.56. The molecular formula is C28H32F3N3. The van der Waals surface area contributed by atoms with Crippen molar-refractivity contribution in [3.05, 3.63) is 84.1 Å². The van der Waals surface area contributed by atoms with Crippen molar-refractivity contribution in [2.75, 3.05) is 13.1 Å². The van der Waals surface area contributed by atoms with Crippen molar-refractivity contribution in [3.63, 3.8) is 0 Å². The van der Waals surface area contributed by atoms with Crippen LogP contribution >= 0.6 is 0 Å². The van der Waals surface area contributed by atoms with Crippen molar-refractivity contribution >= 4 is 16.6 Å². The quantitative estimate of drug-likeness (QED) is 0.379. The third-order valence-corrected chi connectivity index (χ3v) is 7.18. The minimum atomic E-state index is -4.54. The normalized spacial score (nSPS) is 16.6. The Morgan fingerprint density at radius 1 is 1.03 bits per heavy atom. The minimum Gasteiger partial charge on any atom is -0.376 e. The van der Waals surface area contributed by atoms with E-state index < -0.39 is 11.9 Å². The monoisotopic (exact) mass is 467 g/mol. The summed E-state index contributed by atoms with van der Waals surface area (Å²) in [5.41, 5.74) is 1.31. The molecule has 1 aliphatic carbocycles. The number of likely N-dealkylation sites (N-methyl/N-ethyl adjacent to an activating group) is 1. The largest absolute Gasteiger partial charge is 0.433 e. The zero-order valence-electron chi connectivity index (χ0n) is 19.8. The van der Waals surface area contributed by atoms with Crippen molar-refractivity contribution in [1.82, 2.24) is 15.2 Å². The van der Waals surface area contributed by atoms with E-state index in [0.717, 1.165) is 50.4 Å². The highest BCUT2D eigenvalue weighted by Crippen LogP contribution is 2.45. The molecule has 0 bridgehead atoms. The van der Waals surface area contributed by atoms with Gasteiger partial charge in [-0.3, -0.25) is 4.90 Å². The van der Waals surface area contributed by atoms with Crippen LogP contribution < -0.4 is 5.32 Å². The Morgan fingerprint density at radius 3 is 2.26 bits per heavy atom. The topological polar surface area (TPSA) is 28.2 Å². The second-order valence-electron chi connectivity index (χ2n) is 9.02. The number of alkyl halides is 3. The number of hydrogen-bond acceptors (Lipinski definition) is 3. The number of benzene rings is 2. The molecule has 0 radical (unpaired) electrons. The zero-order valence-corrected chi connectivity index (χ0v) is 19.8. The number of fused-ring (bicyclic) bond motifs is 1. The number of nitrogens with zero attached hydrogens (tertiary/aromatic N) is 2. The summed E-state index contributed by atoms with van der Waals surface area (Å²) in [5, 5.41) is 4.28. The summed E-state index contributed by atoms with van der Waals surface area (Å²) in [6, 6.07) is 18.2. The van der Waals surface area contributed by atoms with Crippen molar-refractivity contribution < 1.29 is 13.2 Å². The molecule has 1 heterocycles. The van der Waals surface area contributed by atoms with Crippen LogP contribution in [0.1, 0.15) is 62.4 Å². The van der Waals surface area contributed by atoms with Crippen molar-refractivity contribution in [3.8, 4) is 0 Å². The molecule has 4 rings (SSSR count). The lowest BCUT2D eigenvalue weighted by Gasteiger charge is -2.47. The van der Waals surface area contributed by atoms with E-state index in [1.54, 1.807) is 18.2 Å². The zero-order chi connectivity index (χ0) is 24.3. The van der Waals surface area contributed by atoms with Crippen LogP contribution in [0.2, 0.25) is 0 Å². The molecule has 1 unspecified atom stereocenters. The molecule has 34 heavy (non-hydrogen) atoms. The Kier molecular flexibility index (Phi) is 6.99. The first kappa shape index (κ1) is 24.3. The number of halogens is 3. The second kappa shape index (κ2) is 9.79. The fourth-order valence-electron chi connectivity index (χ4n) is 5.62. The maximum atomic E-state index is 13.7. The average Bonchev–Trinajstić information content (AvgIpc) is 3.33. The van der Waals surface area contributed by atoms with E-state index in [4.69, 9.17) is 0 Å². The Balaban J connectivity index is 1.82. The molecular weight excluding hydrogens is 435 g/mol. The third-order valence-electron chi connectivity index (χ3n) is 7.18. The number of nitrogens with one attached hydrogen (secondary N) is 1. The molecule has 180 valence electrons. The van der Waals surface area contributed by atoms with Crippen LogP contribution in [0.5, 0.6) is 0 Å². The summed E-state index contributed by atoms with van der Waals surface area (Å²) < 4.78 is 41.0. The van der Waals surface area contributed by atoms with E-state index in [9.17, 15) is 13.2 Å². The smallest absolute Gasteiger partial charge is 0.376 e. The summed E-state index contributed by atoms with van der Waals surface area (Å²) >= 11 is 0. The predicted molar refractivity (Wildman–Crippen MR) is 132 cm³/mol. The van der Waals surface area contributed by atoms with Gasteiger partial charge in [-0.05, 0) is 43.6 Å². The van der Waals surface area contributed by atoms with Crippen LogP contribution in [0.3, 0.4) is 0 Å². The molecule has 1 atom stereocenters. The van der Waals surface area contributed by atoms with Gasteiger partial charge in [-0.2, -0.15) is 13.2 Å². The highest BCUT2D eigenvalue weighted by Gasteiger charge is 2.46. The number of aromatic nitrogens is 1. The molecule has 2 aromatic carbocycles. The van der Waals surface area contributed by atoms with Gasteiger partial charge in [0.15, 0.2) is 0 Å². The number of pyridine rings is 1. The predicted octanol–water partition coefficient (Wildman–Crippen LogP) is 7.21. The Hall–Kier alpha value is -2.86. The molecule has 1 aromatic heterocycles. The first-order valence-electron chi connectivity index (χ1n) is 12.0. The van der Waals surface area contributed by atoms with Gasteiger partial charge in [-0.25, -0.2) is 4.98 Å². The maximum Gasteiger partial charge on any atom is 0.433 e. The molecule has 1 fully saturated rings.